The van der Waals surface area contributed by atoms with E-state index in [1.165, 1.54) is 31.2 Å². The Morgan fingerprint density at radius 3 is 2.40 bits per heavy atom. The Kier molecular flexibility index (Phi) is 4.52. The fourth-order valence-electron chi connectivity index (χ4n) is 2.43. The minimum atomic E-state index is -3.72. The second kappa shape index (κ2) is 5.84. The quantitative estimate of drug-likeness (QED) is 0.832. The number of rotatable bonds is 5. The number of Topliss-reactive ketones (excluding diaryl/α,β-unsaturated/α-hetero) is 1. The molecule has 1 aliphatic carbocycles. The van der Waals surface area contributed by atoms with E-state index in [1.54, 1.807) is 0 Å². The highest BCUT2D eigenvalue weighted by Gasteiger charge is 2.44. The molecule has 1 unspecified atom stereocenters. The lowest BCUT2D eigenvalue weighted by atomic mass is 9.95. The molecule has 0 radical (unpaired) electrons. The molecule has 1 aromatic rings. The van der Waals surface area contributed by atoms with Crippen LogP contribution in [-0.4, -0.2) is 11.3 Å². The van der Waals surface area contributed by atoms with Gasteiger partial charge in [-0.2, -0.15) is 0 Å². The molecule has 1 aliphatic rings. The fourth-order valence-corrected chi connectivity index (χ4v) is 4.49. The fraction of sp³-hybridized carbons (Fsp3) is 0.462. The smallest absolute Gasteiger partial charge is 0.410 e. The number of nitrogens with one attached hydrogen (secondary N) is 1. The molecule has 7 heteroatoms. The Morgan fingerprint density at radius 2 is 1.90 bits per heavy atom. The molecule has 0 aliphatic heterocycles. The van der Waals surface area contributed by atoms with Crippen molar-refractivity contribution in [3.63, 3.8) is 0 Å². The van der Waals surface area contributed by atoms with Crippen LogP contribution >= 0.6 is 18.1 Å². The van der Waals surface area contributed by atoms with E-state index in [4.69, 9.17) is 15.8 Å². The van der Waals surface area contributed by atoms with Gasteiger partial charge in [-0.1, -0.05) is 12.8 Å². The first-order valence-corrected chi connectivity index (χ1v) is 8.91. The van der Waals surface area contributed by atoms with Gasteiger partial charge in [0.15, 0.2) is 0 Å². The van der Waals surface area contributed by atoms with Crippen LogP contribution in [0, 0.1) is 5.82 Å². The molecule has 4 nitrogen and oxygen atoms in total. The van der Waals surface area contributed by atoms with E-state index in [-0.39, 0.29) is 11.5 Å². The first-order chi connectivity index (χ1) is 9.33. The number of benzene rings is 1. The van der Waals surface area contributed by atoms with Gasteiger partial charge in [0, 0.05) is 11.2 Å². The molecule has 0 amide bonds. The van der Waals surface area contributed by atoms with Crippen LogP contribution in [0.5, 0.6) is 5.75 Å². The molecular formula is C13H16ClFNO3P. The summed E-state index contributed by atoms with van der Waals surface area (Å²) >= 11 is 5.90. The van der Waals surface area contributed by atoms with E-state index in [0.29, 0.717) is 12.8 Å². The average Bonchev–Trinajstić information content (AvgIpc) is 2.81. The van der Waals surface area contributed by atoms with E-state index in [9.17, 15) is 13.8 Å². The van der Waals surface area contributed by atoms with Gasteiger partial charge in [0.05, 0.1) is 5.54 Å². The highest BCUT2D eigenvalue weighted by molar-refractivity contribution is 7.84. The molecule has 110 valence electrons. The summed E-state index contributed by atoms with van der Waals surface area (Å²) in [7, 11) is 0. The van der Waals surface area contributed by atoms with Gasteiger partial charge < -0.3 is 4.52 Å². The minimum absolute atomic E-state index is 0.0985. The van der Waals surface area contributed by atoms with Crippen LogP contribution in [-0.2, 0) is 9.36 Å². The van der Waals surface area contributed by atoms with Crippen molar-refractivity contribution in [2.45, 2.75) is 38.1 Å². The lowest BCUT2D eigenvalue weighted by molar-refractivity contribution is -0.122. The van der Waals surface area contributed by atoms with Gasteiger partial charge in [0.1, 0.15) is 17.3 Å². The standard InChI is InChI=1S/C13H16ClFNO3P/c1-10(17)13(8-2-3-9-13)16-20(14,18)19-12-6-4-11(15)5-7-12/h4-7H,2-3,8-9H2,1H3,(H,16,18). The van der Waals surface area contributed by atoms with Crippen LogP contribution in [0.3, 0.4) is 0 Å². The summed E-state index contributed by atoms with van der Waals surface area (Å²) in [5, 5.41) is 2.69. The van der Waals surface area contributed by atoms with Gasteiger partial charge in [-0.25, -0.2) is 14.0 Å². The third-order valence-electron chi connectivity index (χ3n) is 3.52. The number of carbonyl (C=O) groups excluding carboxylic acids is 1. The molecular weight excluding hydrogens is 304 g/mol. The zero-order valence-corrected chi connectivity index (χ0v) is 12.7. The van der Waals surface area contributed by atoms with Crippen molar-refractivity contribution < 1.29 is 18.3 Å². The third kappa shape index (κ3) is 3.60. The highest BCUT2D eigenvalue weighted by Crippen LogP contribution is 2.52. The van der Waals surface area contributed by atoms with Gasteiger partial charge in [0.2, 0.25) is 0 Å². The summed E-state index contributed by atoms with van der Waals surface area (Å²) in [6.07, 6.45) is 2.93. The average molecular weight is 320 g/mol. The van der Waals surface area contributed by atoms with Gasteiger partial charge in [0.25, 0.3) is 0 Å². The van der Waals surface area contributed by atoms with Crippen LogP contribution in [0.15, 0.2) is 24.3 Å². The maximum Gasteiger partial charge on any atom is 0.410 e. The van der Waals surface area contributed by atoms with Crippen molar-refractivity contribution >= 4 is 23.9 Å². The zero-order chi connectivity index (χ0) is 14.8. The normalized spacial score (nSPS) is 20.4. The minimum Gasteiger partial charge on any atom is -0.422 e. The maximum absolute atomic E-state index is 12.8. The Balaban J connectivity index is 2.12. The SMILES string of the molecule is CC(=O)C1(NP(=O)(Cl)Oc2ccc(F)cc2)CCCC1. The van der Waals surface area contributed by atoms with Crippen LogP contribution in [0.1, 0.15) is 32.6 Å². The summed E-state index contributed by atoms with van der Waals surface area (Å²) in [6, 6.07) is 5.04. The molecule has 1 saturated carbocycles. The van der Waals surface area contributed by atoms with Gasteiger partial charge >= 0.3 is 6.87 Å². The molecule has 1 aromatic carbocycles. The van der Waals surface area contributed by atoms with E-state index in [2.05, 4.69) is 5.09 Å². The highest BCUT2D eigenvalue weighted by atomic mass is 35.7. The van der Waals surface area contributed by atoms with Crippen molar-refractivity contribution in [1.82, 2.24) is 5.09 Å². The lowest BCUT2D eigenvalue weighted by Gasteiger charge is -2.29. The molecule has 2 rings (SSSR count). The molecule has 0 aromatic heterocycles. The summed E-state index contributed by atoms with van der Waals surface area (Å²) < 4.78 is 30.3. The predicted molar refractivity (Wildman–Crippen MR) is 75.5 cm³/mol. The molecule has 0 spiro atoms. The Labute approximate surface area is 121 Å². The van der Waals surface area contributed by atoms with Crippen molar-refractivity contribution in [1.29, 1.82) is 0 Å². The molecule has 1 fully saturated rings. The van der Waals surface area contributed by atoms with Crippen LogP contribution < -0.4 is 9.61 Å². The van der Waals surface area contributed by atoms with Crippen LogP contribution in [0.25, 0.3) is 0 Å². The Bertz CT molecular complexity index is 543. The topological polar surface area (TPSA) is 55.4 Å². The predicted octanol–water partition coefficient (Wildman–Crippen LogP) is 4.04. The number of hydrogen-bond acceptors (Lipinski definition) is 3. The zero-order valence-electron chi connectivity index (χ0n) is 11.1. The van der Waals surface area contributed by atoms with E-state index >= 15 is 0 Å². The largest absolute Gasteiger partial charge is 0.422 e. The van der Waals surface area contributed by atoms with Crippen molar-refractivity contribution in [3.05, 3.63) is 30.1 Å². The molecule has 1 N–H and O–H groups in total. The summed E-state index contributed by atoms with van der Waals surface area (Å²) in [5.74, 6) is -0.335. The Morgan fingerprint density at radius 1 is 1.35 bits per heavy atom. The molecule has 0 heterocycles. The summed E-state index contributed by atoms with van der Waals surface area (Å²) in [6.45, 7) is -2.27. The first-order valence-electron chi connectivity index (χ1n) is 6.38. The van der Waals surface area contributed by atoms with Crippen molar-refractivity contribution in [2.75, 3.05) is 0 Å². The maximum atomic E-state index is 12.8. The van der Waals surface area contributed by atoms with E-state index in [1.807, 2.05) is 0 Å². The third-order valence-corrected chi connectivity index (χ3v) is 5.12. The number of halogens is 2. The van der Waals surface area contributed by atoms with E-state index < -0.39 is 18.2 Å². The van der Waals surface area contributed by atoms with Gasteiger partial charge in [-0.3, -0.25) is 4.79 Å². The number of carbonyl (C=O) groups is 1. The van der Waals surface area contributed by atoms with Crippen LogP contribution in [0.4, 0.5) is 4.39 Å². The molecule has 0 bridgehead atoms. The molecule has 0 saturated heterocycles. The Hall–Kier alpha value is -0.900. The monoisotopic (exact) mass is 319 g/mol. The first kappa shape index (κ1) is 15.5. The second-order valence-corrected chi connectivity index (χ2v) is 7.68. The number of hydrogen-bond donors (Lipinski definition) is 1. The second-order valence-electron chi connectivity index (χ2n) is 4.98. The van der Waals surface area contributed by atoms with Crippen molar-refractivity contribution in [2.24, 2.45) is 0 Å². The number of ketones is 1. The molecule has 1 atom stereocenters. The molecule has 20 heavy (non-hydrogen) atoms. The van der Waals surface area contributed by atoms with Gasteiger partial charge in [-0.05, 0) is 44.0 Å². The van der Waals surface area contributed by atoms with Crippen LogP contribution in [0.2, 0.25) is 0 Å². The lowest BCUT2D eigenvalue weighted by Crippen LogP contribution is -2.46. The summed E-state index contributed by atoms with van der Waals surface area (Å²) in [4.78, 5) is 11.8. The van der Waals surface area contributed by atoms with E-state index in [0.717, 1.165) is 12.8 Å². The van der Waals surface area contributed by atoms with Crippen molar-refractivity contribution in [3.8, 4) is 5.75 Å². The summed E-state index contributed by atoms with van der Waals surface area (Å²) in [5.41, 5.74) is -0.878. The van der Waals surface area contributed by atoms with Gasteiger partial charge in [-0.15, -0.1) is 0 Å².